The van der Waals surface area contributed by atoms with E-state index in [2.05, 4.69) is 32.2 Å². The minimum absolute atomic E-state index is 0.0116. The third kappa shape index (κ3) is 3.10. The van der Waals surface area contributed by atoms with Gasteiger partial charge in [0.05, 0.1) is 5.54 Å². The number of rotatable bonds is 1. The second-order valence-corrected chi connectivity index (χ2v) is 9.13. The molecule has 2 heterocycles. The summed E-state index contributed by atoms with van der Waals surface area (Å²) in [5, 5.41) is 3.60. The number of fused-ring (bicyclic) bond motifs is 5. The van der Waals surface area contributed by atoms with Crippen molar-refractivity contribution in [3.63, 3.8) is 0 Å². The molecule has 3 aromatic carbocycles. The first kappa shape index (κ1) is 20.7. The Morgan fingerprint density at radius 3 is 2.59 bits per heavy atom. The van der Waals surface area contributed by atoms with Crippen molar-refractivity contribution in [3.8, 4) is 16.9 Å². The van der Waals surface area contributed by atoms with Gasteiger partial charge >= 0.3 is 0 Å². The molecular weight excluding hydrogens is 411 g/mol. The molecular formula is C27H24F3NO. The molecule has 164 valence electrons. The molecule has 2 aliphatic heterocycles. The summed E-state index contributed by atoms with van der Waals surface area (Å²) in [6.07, 6.45) is 2.05. The van der Waals surface area contributed by atoms with Gasteiger partial charge in [0.15, 0.2) is 11.6 Å². The van der Waals surface area contributed by atoms with Crippen LogP contribution in [0.5, 0.6) is 5.75 Å². The summed E-state index contributed by atoms with van der Waals surface area (Å²) in [6.45, 7) is 8.29. The van der Waals surface area contributed by atoms with Crippen molar-refractivity contribution in [2.75, 3.05) is 5.32 Å². The molecule has 2 nitrogen and oxygen atoms in total. The number of nitrogens with one attached hydrogen (secondary N) is 1. The van der Waals surface area contributed by atoms with Crippen LogP contribution in [0.15, 0.2) is 48.0 Å². The Bertz CT molecular complexity index is 1290. The van der Waals surface area contributed by atoms with Gasteiger partial charge in [0.25, 0.3) is 0 Å². The molecule has 3 aromatic rings. The lowest BCUT2D eigenvalue weighted by Crippen LogP contribution is -2.40. The largest absolute Gasteiger partial charge is 0.485 e. The third-order valence-corrected chi connectivity index (χ3v) is 6.71. The molecule has 32 heavy (non-hydrogen) atoms. The van der Waals surface area contributed by atoms with Crippen LogP contribution in [0.4, 0.5) is 18.9 Å². The molecule has 5 rings (SSSR count). The van der Waals surface area contributed by atoms with Gasteiger partial charge < -0.3 is 10.1 Å². The quantitative estimate of drug-likeness (QED) is 0.431. The molecule has 0 saturated heterocycles. The van der Waals surface area contributed by atoms with E-state index in [1.54, 1.807) is 13.0 Å². The van der Waals surface area contributed by atoms with Crippen molar-refractivity contribution in [2.45, 2.75) is 45.8 Å². The molecule has 5 heteroatoms. The van der Waals surface area contributed by atoms with Crippen LogP contribution in [-0.2, 0) is 6.61 Å². The molecule has 1 unspecified atom stereocenters. The first-order valence-corrected chi connectivity index (χ1v) is 10.7. The summed E-state index contributed by atoms with van der Waals surface area (Å²) < 4.78 is 48.2. The number of hydrogen-bond donors (Lipinski definition) is 1. The van der Waals surface area contributed by atoms with E-state index >= 15 is 0 Å². The summed E-state index contributed by atoms with van der Waals surface area (Å²) in [6, 6.07) is 11.1. The van der Waals surface area contributed by atoms with Crippen LogP contribution in [0.2, 0.25) is 0 Å². The molecule has 0 radical (unpaired) electrons. The minimum Gasteiger partial charge on any atom is -0.485 e. The van der Waals surface area contributed by atoms with E-state index in [-0.39, 0.29) is 29.6 Å². The van der Waals surface area contributed by atoms with Crippen LogP contribution in [-0.4, -0.2) is 5.54 Å². The molecule has 2 aliphatic rings. The fraction of sp³-hybridized carbons (Fsp3) is 0.259. The Labute approximate surface area is 185 Å². The summed E-state index contributed by atoms with van der Waals surface area (Å²) in [5.74, 6) is -1.49. The van der Waals surface area contributed by atoms with Gasteiger partial charge in [-0.25, -0.2) is 13.2 Å². The Kier molecular flexibility index (Phi) is 4.63. The smallest absolute Gasteiger partial charge is 0.168 e. The molecule has 0 amide bonds. The number of benzene rings is 3. The van der Waals surface area contributed by atoms with Crippen molar-refractivity contribution in [1.82, 2.24) is 0 Å². The lowest BCUT2D eigenvalue weighted by molar-refractivity contribution is 0.284. The molecule has 0 aromatic heterocycles. The van der Waals surface area contributed by atoms with Gasteiger partial charge in [-0.3, -0.25) is 0 Å². The van der Waals surface area contributed by atoms with E-state index < -0.39 is 11.6 Å². The van der Waals surface area contributed by atoms with E-state index in [1.165, 1.54) is 12.1 Å². The van der Waals surface area contributed by atoms with Gasteiger partial charge in [-0.1, -0.05) is 31.2 Å². The zero-order valence-electron chi connectivity index (χ0n) is 18.4. The Morgan fingerprint density at radius 1 is 1.03 bits per heavy atom. The van der Waals surface area contributed by atoms with Crippen LogP contribution in [0, 0.1) is 24.4 Å². The number of hydrogen-bond acceptors (Lipinski definition) is 2. The molecule has 0 bridgehead atoms. The van der Waals surface area contributed by atoms with Crippen LogP contribution >= 0.6 is 0 Å². The highest BCUT2D eigenvalue weighted by Gasteiger charge is 2.38. The highest BCUT2D eigenvalue weighted by Crippen LogP contribution is 2.50. The maximum Gasteiger partial charge on any atom is 0.168 e. The van der Waals surface area contributed by atoms with Gasteiger partial charge in [0.1, 0.15) is 18.2 Å². The van der Waals surface area contributed by atoms with Crippen LogP contribution in [0.25, 0.3) is 17.2 Å². The van der Waals surface area contributed by atoms with Gasteiger partial charge in [-0.15, -0.1) is 0 Å². The van der Waals surface area contributed by atoms with Crippen LogP contribution in [0.1, 0.15) is 48.9 Å². The number of ether oxygens (including phenoxy) is 1. The Balaban J connectivity index is 1.70. The van der Waals surface area contributed by atoms with Gasteiger partial charge in [0.2, 0.25) is 0 Å². The average molecular weight is 435 g/mol. The average Bonchev–Trinajstić information content (AvgIpc) is 2.72. The molecule has 1 atom stereocenters. The summed E-state index contributed by atoms with van der Waals surface area (Å²) in [7, 11) is 0. The third-order valence-electron chi connectivity index (χ3n) is 6.71. The molecule has 0 aliphatic carbocycles. The predicted molar refractivity (Wildman–Crippen MR) is 121 cm³/mol. The second-order valence-electron chi connectivity index (χ2n) is 9.13. The van der Waals surface area contributed by atoms with E-state index in [1.807, 2.05) is 18.2 Å². The lowest BCUT2D eigenvalue weighted by atomic mass is 9.73. The van der Waals surface area contributed by atoms with Crippen molar-refractivity contribution in [3.05, 3.63) is 87.7 Å². The van der Waals surface area contributed by atoms with E-state index in [4.69, 9.17) is 4.74 Å². The Morgan fingerprint density at radius 2 is 1.81 bits per heavy atom. The molecule has 0 spiro atoms. The zero-order chi connectivity index (χ0) is 22.8. The summed E-state index contributed by atoms with van der Waals surface area (Å²) in [5.41, 5.74) is 6.29. The van der Waals surface area contributed by atoms with E-state index in [0.29, 0.717) is 11.1 Å². The van der Waals surface area contributed by atoms with Crippen molar-refractivity contribution < 1.29 is 17.9 Å². The van der Waals surface area contributed by atoms with Gasteiger partial charge in [0, 0.05) is 28.8 Å². The maximum absolute atomic E-state index is 14.3. The molecule has 0 saturated carbocycles. The molecule has 1 N–H and O–H groups in total. The highest BCUT2D eigenvalue weighted by molar-refractivity contribution is 5.82. The van der Waals surface area contributed by atoms with Crippen molar-refractivity contribution >= 4 is 11.8 Å². The van der Waals surface area contributed by atoms with Gasteiger partial charge in [-0.05, 0) is 66.8 Å². The van der Waals surface area contributed by atoms with Gasteiger partial charge in [-0.2, -0.15) is 0 Å². The minimum atomic E-state index is -0.696. The fourth-order valence-corrected chi connectivity index (χ4v) is 5.09. The van der Waals surface area contributed by atoms with Crippen LogP contribution in [0.3, 0.4) is 0 Å². The predicted octanol–water partition coefficient (Wildman–Crippen LogP) is 7.36. The van der Waals surface area contributed by atoms with Crippen LogP contribution < -0.4 is 10.1 Å². The topological polar surface area (TPSA) is 21.3 Å². The van der Waals surface area contributed by atoms with Crippen molar-refractivity contribution in [1.29, 1.82) is 0 Å². The monoisotopic (exact) mass is 435 g/mol. The highest BCUT2D eigenvalue weighted by atomic mass is 19.1. The van der Waals surface area contributed by atoms with Crippen molar-refractivity contribution in [2.24, 2.45) is 0 Å². The maximum atomic E-state index is 14.3. The fourth-order valence-electron chi connectivity index (χ4n) is 5.09. The standard InChI is InChI=1S/C27H24F3NO/c1-14-16(6-5-7-22(14)29)10-21-15(2)25-20-13-32-26-19(11-17(28)12-23(26)30)18(20)8-9-24(25)31-27(21,3)4/h5-12,15,31H,13H2,1-4H3. The summed E-state index contributed by atoms with van der Waals surface area (Å²) in [4.78, 5) is 0. The normalized spacial score (nSPS) is 19.5. The number of halogens is 3. The first-order chi connectivity index (χ1) is 15.2. The summed E-state index contributed by atoms with van der Waals surface area (Å²) >= 11 is 0. The first-order valence-electron chi connectivity index (χ1n) is 10.7. The second kappa shape index (κ2) is 7.16. The molecule has 0 fully saturated rings. The zero-order valence-corrected chi connectivity index (χ0v) is 18.4. The lowest BCUT2D eigenvalue weighted by Gasteiger charge is -2.42. The number of anilines is 1. The SMILES string of the molecule is Cc1c(F)cccc1C=C1C(C)c2c(ccc3c2COc2c(F)cc(F)cc2-3)NC1(C)C. The van der Waals surface area contributed by atoms with E-state index in [9.17, 15) is 13.2 Å². The Hall–Kier alpha value is -3.21. The van der Waals surface area contributed by atoms with E-state index in [0.717, 1.165) is 39.6 Å².